The van der Waals surface area contributed by atoms with Gasteiger partial charge in [-0.05, 0) is 122 Å². The molecule has 0 spiro atoms. The number of ether oxygens (including phenoxy) is 1. The molecule has 3 nitrogen and oxygen atoms in total. The number of benzene rings is 1. The van der Waals surface area contributed by atoms with Crippen LogP contribution >= 0.6 is 11.3 Å². The molecule has 1 aromatic carbocycles. The fraction of sp³-hybridized carbons (Fsp3) is 0.625. The van der Waals surface area contributed by atoms with Crippen molar-refractivity contribution in [1.82, 2.24) is 0 Å². The lowest BCUT2D eigenvalue weighted by atomic mass is 9.48. The van der Waals surface area contributed by atoms with Crippen LogP contribution in [0.4, 0.5) is 5.00 Å². The zero-order valence-corrected chi connectivity index (χ0v) is 23.2. The SMILES string of the molecule is CCOc1ccc(C23CC4CC(CC(C4)C2)C3)cc1C=Nc1sc2c(c1C#N)CC[C@@H](C(C)(C)C)C2. The van der Waals surface area contributed by atoms with Crippen LogP contribution in [0.15, 0.2) is 23.2 Å². The van der Waals surface area contributed by atoms with Crippen molar-refractivity contribution in [1.29, 1.82) is 5.26 Å². The van der Waals surface area contributed by atoms with E-state index in [0.29, 0.717) is 23.4 Å². The first kappa shape index (κ1) is 24.2. The van der Waals surface area contributed by atoms with Gasteiger partial charge in [-0.2, -0.15) is 5.26 Å². The van der Waals surface area contributed by atoms with Crippen LogP contribution in [-0.4, -0.2) is 12.8 Å². The molecule has 0 N–H and O–H groups in total. The van der Waals surface area contributed by atoms with Gasteiger partial charge in [0.2, 0.25) is 0 Å². The molecule has 5 aliphatic carbocycles. The van der Waals surface area contributed by atoms with Gasteiger partial charge in [0.15, 0.2) is 0 Å². The molecule has 4 heteroatoms. The summed E-state index contributed by atoms with van der Waals surface area (Å²) in [5, 5.41) is 10.9. The molecule has 4 saturated carbocycles. The van der Waals surface area contributed by atoms with Crippen molar-refractivity contribution in [2.45, 2.75) is 90.9 Å². The van der Waals surface area contributed by atoms with E-state index >= 15 is 0 Å². The second-order valence-corrected chi connectivity index (χ2v) is 14.3. The molecule has 0 aliphatic heterocycles. The van der Waals surface area contributed by atoms with Gasteiger partial charge in [-0.15, -0.1) is 11.3 Å². The van der Waals surface area contributed by atoms with Crippen LogP contribution < -0.4 is 4.74 Å². The fourth-order valence-electron chi connectivity index (χ4n) is 8.38. The normalized spacial score (nSPS) is 31.0. The Kier molecular flexibility index (Phi) is 6.07. The summed E-state index contributed by atoms with van der Waals surface area (Å²) in [7, 11) is 0. The molecule has 0 amide bonds. The third-order valence-corrected chi connectivity index (χ3v) is 11.0. The molecule has 36 heavy (non-hydrogen) atoms. The minimum atomic E-state index is 0.294. The van der Waals surface area contributed by atoms with E-state index in [2.05, 4.69) is 45.0 Å². The first-order valence-corrected chi connectivity index (χ1v) is 15.0. The van der Waals surface area contributed by atoms with E-state index in [1.807, 2.05) is 13.1 Å². The van der Waals surface area contributed by atoms with E-state index < -0.39 is 0 Å². The highest BCUT2D eigenvalue weighted by atomic mass is 32.1. The van der Waals surface area contributed by atoms with Gasteiger partial charge in [0.25, 0.3) is 0 Å². The molecule has 190 valence electrons. The van der Waals surface area contributed by atoms with E-state index in [0.717, 1.165) is 58.9 Å². The van der Waals surface area contributed by atoms with Crippen molar-refractivity contribution in [2.24, 2.45) is 34.1 Å². The molecule has 2 aromatic rings. The number of hydrogen-bond acceptors (Lipinski definition) is 4. The maximum Gasteiger partial charge on any atom is 0.134 e. The Labute approximate surface area is 221 Å². The van der Waals surface area contributed by atoms with Crippen LogP contribution in [0.1, 0.15) is 99.8 Å². The zero-order chi connectivity index (χ0) is 25.1. The zero-order valence-electron chi connectivity index (χ0n) is 22.4. The fourth-order valence-corrected chi connectivity index (χ4v) is 9.60. The van der Waals surface area contributed by atoms with Gasteiger partial charge >= 0.3 is 0 Å². The Hall–Kier alpha value is -2.12. The second-order valence-electron chi connectivity index (χ2n) is 13.2. The van der Waals surface area contributed by atoms with Crippen LogP contribution in [0.5, 0.6) is 5.75 Å². The van der Waals surface area contributed by atoms with Crippen molar-refractivity contribution in [3.8, 4) is 11.8 Å². The van der Waals surface area contributed by atoms with Crippen molar-refractivity contribution < 1.29 is 4.74 Å². The number of thiophene rings is 1. The maximum absolute atomic E-state index is 10.0. The van der Waals surface area contributed by atoms with Gasteiger partial charge < -0.3 is 4.74 Å². The molecule has 4 fully saturated rings. The number of fused-ring (bicyclic) bond motifs is 1. The number of nitriles is 1. The molecule has 0 unspecified atom stereocenters. The van der Waals surface area contributed by atoms with Crippen molar-refractivity contribution >= 4 is 22.6 Å². The Morgan fingerprint density at radius 3 is 2.44 bits per heavy atom. The summed E-state index contributed by atoms with van der Waals surface area (Å²) in [5.74, 6) is 4.34. The van der Waals surface area contributed by atoms with E-state index in [4.69, 9.17) is 9.73 Å². The second kappa shape index (κ2) is 9.02. The summed E-state index contributed by atoms with van der Waals surface area (Å²) >= 11 is 1.74. The largest absolute Gasteiger partial charge is 0.493 e. The Morgan fingerprint density at radius 2 is 1.83 bits per heavy atom. The molecular formula is C32H40N2OS. The number of rotatable bonds is 5. The minimum absolute atomic E-state index is 0.294. The minimum Gasteiger partial charge on any atom is -0.493 e. The number of hydrogen-bond donors (Lipinski definition) is 0. The highest BCUT2D eigenvalue weighted by molar-refractivity contribution is 7.16. The Morgan fingerprint density at radius 1 is 1.14 bits per heavy atom. The average molecular weight is 501 g/mol. The molecule has 7 rings (SSSR count). The lowest BCUT2D eigenvalue weighted by Gasteiger charge is -2.57. The summed E-state index contributed by atoms with van der Waals surface area (Å²) in [5.41, 5.74) is 5.25. The summed E-state index contributed by atoms with van der Waals surface area (Å²) in [6, 6.07) is 9.39. The van der Waals surface area contributed by atoms with Crippen molar-refractivity contribution in [3.63, 3.8) is 0 Å². The van der Waals surface area contributed by atoms with E-state index in [-0.39, 0.29) is 0 Å². The summed E-state index contributed by atoms with van der Waals surface area (Å²) in [4.78, 5) is 6.33. The van der Waals surface area contributed by atoms with E-state index in [9.17, 15) is 5.26 Å². The van der Waals surface area contributed by atoms with Crippen molar-refractivity contribution in [3.05, 3.63) is 45.3 Å². The first-order chi connectivity index (χ1) is 17.3. The predicted molar refractivity (Wildman–Crippen MR) is 149 cm³/mol. The van der Waals surface area contributed by atoms with E-state index in [1.165, 1.54) is 54.5 Å². The van der Waals surface area contributed by atoms with Crippen molar-refractivity contribution in [2.75, 3.05) is 6.61 Å². The standard InChI is InChI=1S/C32H40N2OS/c1-5-35-28-9-7-25(32-15-20-10-21(16-32)12-22(11-20)17-32)13-23(28)19-34-30-27(18-33)26-8-6-24(31(2,3)4)14-29(26)36-30/h7,9,13,19-22,24H,5-6,8,10-12,14-17H2,1-4H3/t20?,21?,22?,24-,32?/m1/s1. The Balaban J connectivity index is 1.33. The lowest BCUT2D eigenvalue weighted by Crippen LogP contribution is -2.48. The third kappa shape index (κ3) is 4.22. The molecule has 1 aromatic heterocycles. The van der Waals surface area contributed by atoms with Crippen LogP contribution in [0.3, 0.4) is 0 Å². The smallest absolute Gasteiger partial charge is 0.134 e. The predicted octanol–water partition coefficient (Wildman–Crippen LogP) is 8.39. The molecule has 5 aliphatic rings. The third-order valence-electron chi connectivity index (χ3n) is 9.86. The number of nitrogens with zero attached hydrogens (tertiary/aromatic N) is 2. The molecule has 1 heterocycles. The number of aliphatic imine (C=N–C) groups is 1. The lowest BCUT2D eigenvalue weighted by molar-refractivity contribution is -0.00521. The first-order valence-electron chi connectivity index (χ1n) is 14.1. The van der Waals surface area contributed by atoms with Crippen LogP contribution in [0, 0.1) is 40.4 Å². The monoisotopic (exact) mass is 500 g/mol. The van der Waals surface area contributed by atoms with Gasteiger partial charge in [0, 0.05) is 16.7 Å². The Bertz CT molecular complexity index is 1190. The van der Waals surface area contributed by atoms with Crippen LogP contribution in [0.25, 0.3) is 0 Å². The maximum atomic E-state index is 10.0. The van der Waals surface area contributed by atoms with Gasteiger partial charge in [-0.25, -0.2) is 4.99 Å². The van der Waals surface area contributed by atoms with Crippen LogP contribution in [-0.2, 0) is 18.3 Å². The average Bonchev–Trinajstić information content (AvgIpc) is 3.19. The van der Waals surface area contributed by atoms with Gasteiger partial charge in [-0.1, -0.05) is 26.8 Å². The summed E-state index contributed by atoms with van der Waals surface area (Å²) < 4.78 is 6.04. The summed E-state index contributed by atoms with van der Waals surface area (Å²) in [6.45, 7) is 9.70. The van der Waals surface area contributed by atoms with Gasteiger partial charge in [-0.3, -0.25) is 0 Å². The van der Waals surface area contributed by atoms with Crippen LogP contribution in [0.2, 0.25) is 0 Å². The molecule has 0 saturated heterocycles. The highest BCUT2D eigenvalue weighted by Gasteiger charge is 2.51. The topological polar surface area (TPSA) is 45.4 Å². The van der Waals surface area contributed by atoms with Gasteiger partial charge in [0.05, 0.1) is 12.2 Å². The summed E-state index contributed by atoms with van der Waals surface area (Å²) in [6.07, 6.45) is 13.7. The molecule has 4 bridgehead atoms. The highest BCUT2D eigenvalue weighted by Crippen LogP contribution is 2.61. The quantitative estimate of drug-likeness (QED) is 0.387. The molecular weight excluding hydrogens is 460 g/mol. The molecule has 1 atom stereocenters. The van der Waals surface area contributed by atoms with Gasteiger partial charge in [0.1, 0.15) is 16.8 Å². The molecule has 0 radical (unpaired) electrons. The van der Waals surface area contributed by atoms with E-state index in [1.54, 1.807) is 11.3 Å².